The first-order valence-corrected chi connectivity index (χ1v) is 9.35. The lowest BCUT2D eigenvalue weighted by atomic mass is 10.0. The molecule has 3 heterocycles. The van der Waals surface area contributed by atoms with Crippen LogP contribution in [0.4, 0.5) is 10.3 Å². The Morgan fingerprint density at radius 2 is 1.87 bits per heavy atom. The molecule has 0 bridgehead atoms. The molecule has 0 aliphatic carbocycles. The molecule has 4 rings (SSSR count). The predicted molar refractivity (Wildman–Crippen MR) is 107 cm³/mol. The fourth-order valence-corrected chi connectivity index (χ4v) is 2.72. The van der Waals surface area contributed by atoms with Crippen LogP contribution >= 0.6 is 0 Å². The summed E-state index contributed by atoms with van der Waals surface area (Å²) in [6, 6.07) is 10.7. The van der Waals surface area contributed by atoms with E-state index >= 15 is 0 Å². The fraction of sp³-hybridized carbons (Fsp3) is 0.190. The van der Waals surface area contributed by atoms with E-state index < -0.39 is 0 Å². The maximum Gasteiger partial charge on any atom is 0.249 e. The summed E-state index contributed by atoms with van der Waals surface area (Å²) in [6.07, 6.45) is 4.92. The van der Waals surface area contributed by atoms with Gasteiger partial charge >= 0.3 is 0 Å². The van der Waals surface area contributed by atoms with E-state index in [1.807, 2.05) is 26.0 Å². The van der Waals surface area contributed by atoms with E-state index in [1.54, 1.807) is 24.7 Å². The summed E-state index contributed by atoms with van der Waals surface area (Å²) >= 11 is 0. The largest absolute Gasteiger partial charge is 0.439 e. The van der Waals surface area contributed by atoms with Gasteiger partial charge in [-0.05, 0) is 42.3 Å². The SMILES string of the molecule is CC(C)C(Nc1nccc(Oc2ccc(F)cc2)n1)c1nc(-c2cccnc2)no1. The van der Waals surface area contributed by atoms with Crippen LogP contribution in [-0.4, -0.2) is 25.1 Å². The average Bonchev–Trinajstić information content (AvgIpc) is 3.24. The maximum absolute atomic E-state index is 13.1. The fourth-order valence-electron chi connectivity index (χ4n) is 2.72. The highest BCUT2D eigenvalue weighted by Gasteiger charge is 2.24. The van der Waals surface area contributed by atoms with Crippen LogP contribution in [-0.2, 0) is 0 Å². The van der Waals surface area contributed by atoms with Gasteiger partial charge in [0.05, 0.1) is 0 Å². The van der Waals surface area contributed by atoms with E-state index in [0.29, 0.717) is 29.3 Å². The average molecular weight is 406 g/mol. The van der Waals surface area contributed by atoms with Crippen molar-refractivity contribution in [2.24, 2.45) is 5.92 Å². The second-order valence-electron chi connectivity index (χ2n) is 6.84. The highest BCUT2D eigenvalue weighted by molar-refractivity contribution is 5.52. The number of halogens is 1. The van der Waals surface area contributed by atoms with Crippen molar-refractivity contribution in [2.75, 3.05) is 5.32 Å². The van der Waals surface area contributed by atoms with Crippen molar-refractivity contribution in [3.05, 3.63) is 72.8 Å². The van der Waals surface area contributed by atoms with Gasteiger partial charge in [0.15, 0.2) is 0 Å². The van der Waals surface area contributed by atoms with E-state index in [9.17, 15) is 4.39 Å². The topological polar surface area (TPSA) is 98.9 Å². The Bertz CT molecular complexity index is 1100. The standard InChI is InChI=1S/C21H19FN6O2/c1-13(2)18(20-27-19(28-30-20)14-4-3-10-23-12-14)26-21-24-11-9-17(25-21)29-16-7-5-15(22)6-8-16/h3-13,18H,1-2H3,(H,24,25,26). The number of nitrogens with zero attached hydrogens (tertiary/aromatic N) is 5. The van der Waals surface area contributed by atoms with Gasteiger partial charge in [0.2, 0.25) is 23.5 Å². The third kappa shape index (κ3) is 4.57. The zero-order valence-electron chi connectivity index (χ0n) is 16.4. The van der Waals surface area contributed by atoms with Crippen molar-refractivity contribution < 1.29 is 13.7 Å². The van der Waals surface area contributed by atoms with Gasteiger partial charge in [0, 0.05) is 30.2 Å². The lowest BCUT2D eigenvalue weighted by Gasteiger charge is -2.18. The van der Waals surface area contributed by atoms with Gasteiger partial charge in [0.1, 0.15) is 17.6 Å². The Labute approximate surface area is 172 Å². The van der Waals surface area contributed by atoms with E-state index in [-0.39, 0.29) is 17.8 Å². The van der Waals surface area contributed by atoms with Crippen LogP contribution in [0.1, 0.15) is 25.8 Å². The Hall–Kier alpha value is -3.88. The van der Waals surface area contributed by atoms with Crippen molar-refractivity contribution in [2.45, 2.75) is 19.9 Å². The number of aromatic nitrogens is 5. The van der Waals surface area contributed by atoms with Crippen LogP contribution < -0.4 is 10.1 Å². The van der Waals surface area contributed by atoms with Crippen molar-refractivity contribution in [3.8, 4) is 23.0 Å². The van der Waals surface area contributed by atoms with Crippen LogP contribution in [0.2, 0.25) is 0 Å². The minimum Gasteiger partial charge on any atom is -0.439 e. The monoisotopic (exact) mass is 406 g/mol. The third-order valence-electron chi connectivity index (χ3n) is 4.24. The minimum absolute atomic E-state index is 0.109. The number of anilines is 1. The second kappa shape index (κ2) is 8.64. The van der Waals surface area contributed by atoms with Crippen LogP contribution in [0.15, 0.2) is 65.6 Å². The second-order valence-corrected chi connectivity index (χ2v) is 6.84. The predicted octanol–water partition coefficient (Wildman–Crippen LogP) is 4.66. The lowest BCUT2D eigenvalue weighted by molar-refractivity contribution is 0.335. The summed E-state index contributed by atoms with van der Waals surface area (Å²) in [4.78, 5) is 17.2. The van der Waals surface area contributed by atoms with E-state index in [1.165, 1.54) is 24.3 Å². The van der Waals surface area contributed by atoms with Gasteiger partial charge in [-0.2, -0.15) is 9.97 Å². The molecule has 1 aromatic carbocycles. The van der Waals surface area contributed by atoms with E-state index in [4.69, 9.17) is 9.26 Å². The van der Waals surface area contributed by atoms with E-state index in [0.717, 1.165) is 5.56 Å². The summed E-state index contributed by atoms with van der Waals surface area (Å²) in [5.41, 5.74) is 0.765. The molecule has 0 amide bonds. The molecule has 1 unspecified atom stereocenters. The molecule has 4 aromatic rings. The molecule has 0 saturated carbocycles. The molecule has 8 nitrogen and oxygen atoms in total. The Balaban J connectivity index is 1.52. The summed E-state index contributed by atoms with van der Waals surface area (Å²) in [7, 11) is 0. The molecule has 3 aromatic heterocycles. The van der Waals surface area contributed by atoms with Gasteiger partial charge in [-0.15, -0.1) is 0 Å². The number of benzene rings is 1. The van der Waals surface area contributed by atoms with Gasteiger partial charge in [-0.3, -0.25) is 4.98 Å². The maximum atomic E-state index is 13.1. The quantitative estimate of drug-likeness (QED) is 0.473. The van der Waals surface area contributed by atoms with Gasteiger partial charge in [-0.1, -0.05) is 19.0 Å². The van der Waals surface area contributed by atoms with Crippen molar-refractivity contribution in [1.82, 2.24) is 25.1 Å². The van der Waals surface area contributed by atoms with Crippen LogP contribution in [0.3, 0.4) is 0 Å². The number of pyridine rings is 1. The highest BCUT2D eigenvalue weighted by Crippen LogP contribution is 2.27. The zero-order valence-corrected chi connectivity index (χ0v) is 16.4. The molecule has 1 N–H and O–H groups in total. The molecule has 30 heavy (non-hydrogen) atoms. The zero-order chi connectivity index (χ0) is 20.9. The number of nitrogens with one attached hydrogen (secondary N) is 1. The number of rotatable bonds is 7. The highest BCUT2D eigenvalue weighted by atomic mass is 19.1. The molecule has 0 radical (unpaired) electrons. The van der Waals surface area contributed by atoms with Gasteiger partial charge in [-0.25, -0.2) is 9.37 Å². The number of hydrogen-bond acceptors (Lipinski definition) is 8. The Morgan fingerprint density at radius 3 is 2.60 bits per heavy atom. The molecule has 0 spiro atoms. The summed E-state index contributed by atoms with van der Waals surface area (Å²) in [5.74, 6) is 1.78. The molecular formula is C21H19FN6O2. The Kier molecular flexibility index (Phi) is 5.60. The summed E-state index contributed by atoms with van der Waals surface area (Å²) in [6.45, 7) is 4.04. The van der Waals surface area contributed by atoms with Crippen molar-refractivity contribution in [3.63, 3.8) is 0 Å². The lowest BCUT2D eigenvalue weighted by Crippen LogP contribution is -2.18. The Morgan fingerprint density at radius 1 is 1.03 bits per heavy atom. The first-order valence-electron chi connectivity index (χ1n) is 9.35. The first kappa shape index (κ1) is 19.4. The molecule has 152 valence electrons. The molecular weight excluding hydrogens is 387 g/mol. The van der Waals surface area contributed by atoms with E-state index in [2.05, 4.69) is 30.4 Å². The minimum atomic E-state index is -0.336. The summed E-state index contributed by atoms with van der Waals surface area (Å²) < 4.78 is 24.2. The molecule has 1 atom stereocenters. The third-order valence-corrected chi connectivity index (χ3v) is 4.24. The first-order chi connectivity index (χ1) is 14.6. The van der Waals surface area contributed by atoms with Crippen LogP contribution in [0.5, 0.6) is 11.6 Å². The van der Waals surface area contributed by atoms with Crippen molar-refractivity contribution in [1.29, 1.82) is 0 Å². The molecule has 0 aliphatic rings. The smallest absolute Gasteiger partial charge is 0.249 e. The molecule has 0 aliphatic heterocycles. The van der Waals surface area contributed by atoms with Gasteiger partial charge in [0.25, 0.3) is 0 Å². The summed E-state index contributed by atoms with van der Waals surface area (Å²) in [5, 5.41) is 7.27. The number of hydrogen-bond donors (Lipinski definition) is 1. The van der Waals surface area contributed by atoms with Crippen molar-refractivity contribution >= 4 is 5.95 Å². The van der Waals surface area contributed by atoms with Crippen LogP contribution in [0.25, 0.3) is 11.4 Å². The van der Waals surface area contributed by atoms with Crippen LogP contribution in [0, 0.1) is 11.7 Å². The molecule has 9 heteroatoms. The number of ether oxygens (including phenoxy) is 1. The molecule has 0 saturated heterocycles. The normalized spacial score (nSPS) is 12.0. The molecule has 0 fully saturated rings. The van der Waals surface area contributed by atoms with Gasteiger partial charge < -0.3 is 14.6 Å².